The monoisotopic (exact) mass is 327 g/mol. The SMILES string of the molecule is Fc1ccc(-c2cc3c(nn2)CCN(Cc2cnns2)C3)cc1. The summed E-state index contributed by atoms with van der Waals surface area (Å²) in [6.45, 7) is 2.64. The molecule has 1 aliphatic heterocycles. The molecule has 0 saturated heterocycles. The lowest BCUT2D eigenvalue weighted by Crippen LogP contribution is -2.30. The molecular weight excluding hydrogens is 313 g/mol. The van der Waals surface area contributed by atoms with Crippen molar-refractivity contribution in [3.8, 4) is 11.3 Å². The molecule has 0 spiro atoms. The van der Waals surface area contributed by atoms with Crippen molar-refractivity contribution in [2.75, 3.05) is 6.54 Å². The first kappa shape index (κ1) is 14.3. The standard InChI is InChI=1S/C16H14FN5S/c17-13-3-1-11(2-4-13)16-7-12-9-22(6-5-15(12)19-20-16)10-14-8-18-21-23-14/h1-4,7-8H,5-6,9-10H2. The van der Waals surface area contributed by atoms with Crippen LogP contribution in [-0.4, -0.2) is 31.2 Å². The first-order valence-electron chi connectivity index (χ1n) is 7.38. The van der Waals surface area contributed by atoms with Crippen LogP contribution in [0.2, 0.25) is 0 Å². The van der Waals surface area contributed by atoms with Crippen LogP contribution in [0.15, 0.2) is 36.5 Å². The molecule has 3 heterocycles. The summed E-state index contributed by atoms with van der Waals surface area (Å²) in [5.41, 5.74) is 3.90. The van der Waals surface area contributed by atoms with E-state index in [0.29, 0.717) is 0 Å². The molecular formula is C16H14FN5S. The van der Waals surface area contributed by atoms with Gasteiger partial charge in [-0.2, -0.15) is 10.2 Å². The Morgan fingerprint density at radius 2 is 2.04 bits per heavy atom. The van der Waals surface area contributed by atoms with Crippen LogP contribution in [0, 0.1) is 5.82 Å². The molecule has 23 heavy (non-hydrogen) atoms. The Labute approximate surface area is 137 Å². The largest absolute Gasteiger partial charge is 0.293 e. The maximum atomic E-state index is 13.1. The smallest absolute Gasteiger partial charge is 0.123 e. The lowest BCUT2D eigenvalue weighted by Gasteiger charge is -2.27. The highest BCUT2D eigenvalue weighted by molar-refractivity contribution is 7.05. The summed E-state index contributed by atoms with van der Waals surface area (Å²) < 4.78 is 17.0. The average molecular weight is 327 g/mol. The number of halogens is 1. The molecule has 0 N–H and O–H groups in total. The molecule has 0 unspecified atom stereocenters. The van der Waals surface area contributed by atoms with Gasteiger partial charge in [0, 0.05) is 31.6 Å². The molecule has 0 amide bonds. The van der Waals surface area contributed by atoms with E-state index in [1.807, 2.05) is 6.20 Å². The van der Waals surface area contributed by atoms with Gasteiger partial charge in [-0.3, -0.25) is 4.90 Å². The molecule has 1 aromatic carbocycles. The van der Waals surface area contributed by atoms with Crippen molar-refractivity contribution in [1.29, 1.82) is 0 Å². The van der Waals surface area contributed by atoms with Crippen LogP contribution in [0.5, 0.6) is 0 Å². The summed E-state index contributed by atoms with van der Waals surface area (Å²) in [5.74, 6) is -0.246. The Kier molecular flexibility index (Phi) is 3.80. The third-order valence-electron chi connectivity index (χ3n) is 3.95. The second-order valence-corrected chi connectivity index (χ2v) is 6.42. The Hall–Kier alpha value is -2.25. The Morgan fingerprint density at radius 1 is 1.17 bits per heavy atom. The van der Waals surface area contributed by atoms with Gasteiger partial charge in [-0.25, -0.2) is 4.39 Å². The predicted molar refractivity (Wildman–Crippen MR) is 85.2 cm³/mol. The minimum atomic E-state index is -0.246. The van der Waals surface area contributed by atoms with Crippen LogP contribution in [0.3, 0.4) is 0 Å². The number of nitrogens with zero attached hydrogens (tertiary/aromatic N) is 5. The van der Waals surface area contributed by atoms with Crippen molar-refractivity contribution < 1.29 is 4.39 Å². The Morgan fingerprint density at radius 3 is 2.83 bits per heavy atom. The molecule has 1 aliphatic rings. The summed E-state index contributed by atoms with van der Waals surface area (Å²) in [7, 11) is 0. The fraction of sp³-hybridized carbons (Fsp3) is 0.250. The minimum absolute atomic E-state index is 0.246. The number of fused-ring (bicyclic) bond motifs is 1. The van der Waals surface area contributed by atoms with Crippen molar-refractivity contribution in [3.63, 3.8) is 0 Å². The molecule has 116 valence electrons. The molecule has 0 atom stereocenters. The van der Waals surface area contributed by atoms with Crippen molar-refractivity contribution in [3.05, 3.63) is 58.5 Å². The van der Waals surface area contributed by atoms with E-state index in [1.165, 1.54) is 29.2 Å². The highest BCUT2D eigenvalue weighted by atomic mass is 32.1. The Balaban J connectivity index is 1.57. The second-order valence-electron chi connectivity index (χ2n) is 5.55. The van der Waals surface area contributed by atoms with E-state index in [-0.39, 0.29) is 5.82 Å². The van der Waals surface area contributed by atoms with Gasteiger partial charge in [0.2, 0.25) is 0 Å². The third kappa shape index (κ3) is 3.11. The third-order valence-corrected chi connectivity index (χ3v) is 4.59. The van der Waals surface area contributed by atoms with E-state index in [9.17, 15) is 4.39 Å². The number of hydrogen-bond donors (Lipinski definition) is 0. The molecule has 5 nitrogen and oxygen atoms in total. The highest BCUT2D eigenvalue weighted by Gasteiger charge is 2.19. The summed E-state index contributed by atoms with van der Waals surface area (Å²) in [4.78, 5) is 3.52. The Bertz CT molecular complexity index is 804. The van der Waals surface area contributed by atoms with Gasteiger partial charge in [0.05, 0.1) is 22.5 Å². The summed E-state index contributed by atoms with van der Waals surface area (Å²) in [5, 5.41) is 12.5. The zero-order chi connectivity index (χ0) is 15.6. The van der Waals surface area contributed by atoms with Crippen LogP contribution < -0.4 is 0 Å². The van der Waals surface area contributed by atoms with Crippen LogP contribution in [0.4, 0.5) is 4.39 Å². The molecule has 7 heteroatoms. The van der Waals surface area contributed by atoms with Crippen molar-refractivity contribution in [1.82, 2.24) is 24.7 Å². The van der Waals surface area contributed by atoms with Crippen LogP contribution in [-0.2, 0) is 19.5 Å². The van der Waals surface area contributed by atoms with Gasteiger partial charge < -0.3 is 0 Å². The van der Waals surface area contributed by atoms with Crippen molar-refractivity contribution in [2.24, 2.45) is 0 Å². The maximum absolute atomic E-state index is 13.1. The second kappa shape index (κ2) is 6.10. The fourth-order valence-corrected chi connectivity index (χ4v) is 3.30. The molecule has 0 fully saturated rings. The van der Waals surface area contributed by atoms with Gasteiger partial charge >= 0.3 is 0 Å². The van der Waals surface area contributed by atoms with Crippen LogP contribution >= 0.6 is 11.5 Å². The zero-order valence-corrected chi connectivity index (χ0v) is 13.1. The van der Waals surface area contributed by atoms with Gasteiger partial charge in [0.25, 0.3) is 0 Å². The van der Waals surface area contributed by atoms with Crippen molar-refractivity contribution >= 4 is 11.5 Å². The number of benzene rings is 1. The van der Waals surface area contributed by atoms with E-state index < -0.39 is 0 Å². The number of rotatable bonds is 3. The van der Waals surface area contributed by atoms with Gasteiger partial charge in [-0.15, -0.1) is 5.10 Å². The van der Waals surface area contributed by atoms with Gasteiger partial charge in [0.1, 0.15) is 5.82 Å². The van der Waals surface area contributed by atoms with E-state index in [2.05, 4.69) is 30.8 Å². The molecule has 0 aliphatic carbocycles. The normalized spacial score (nSPS) is 14.7. The lowest BCUT2D eigenvalue weighted by atomic mass is 10.0. The number of aromatic nitrogens is 4. The molecule has 0 bridgehead atoms. The topological polar surface area (TPSA) is 54.8 Å². The predicted octanol–water partition coefficient (Wildman–Crippen LogP) is 2.69. The lowest BCUT2D eigenvalue weighted by molar-refractivity contribution is 0.244. The number of hydrogen-bond acceptors (Lipinski definition) is 6. The average Bonchev–Trinajstić information content (AvgIpc) is 3.08. The zero-order valence-electron chi connectivity index (χ0n) is 12.3. The van der Waals surface area contributed by atoms with Crippen LogP contribution in [0.1, 0.15) is 16.1 Å². The van der Waals surface area contributed by atoms with Gasteiger partial charge in [-0.05, 0) is 47.4 Å². The van der Waals surface area contributed by atoms with Crippen LogP contribution in [0.25, 0.3) is 11.3 Å². The molecule has 3 aromatic rings. The van der Waals surface area contributed by atoms with E-state index >= 15 is 0 Å². The first-order chi connectivity index (χ1) is 11.3. The van der Waals surface area contributed by atoms with E-state index in [0.717, 1.165) is 47.9 Å². The van der Waals surface area contributed by atoms with E-state index in [4.69, 9.17) is 0 Å². The molecule has 4 rings (SSSR count). The minimum Gasteiger partial charge on any atom is -0.293 e. The fourth-order valence-electron chi connectivity index (χ4n) is 2.76. The summed E-state index contributed by atoms with van der Waals surface area (Å²) in [6.07, 6.45) is 2.70. The molecule has 0 saturated carbocycles. The first-order valence-corrected chi connectivity index (χ1v) is 8.15. The van der Waals surface area contributed by atoms with E-state index in [1.54, 1.807) is 12.1 Å². The maximum Gasteiger partial charge on any atom is 0.123 e. The molecule has 2 aromatic heterocycles. The quantitative estimate of drug-likeness (QED) is 0.740. The van der Waals surface area contributed by atoms with Gasteiger partial charge in [0.15, 0.2) is 0 Å². The van der Waals surface area contributed by atoms with Crippen molar-refractivity contribution in [2.45, 2.75) is 19.5 Å². The highest BCUT2D eigenvalue weighted by Crippen LogP contribution is 2.24. The summed E-state index contributed by atoms with van der Waals surface area (Å²) >= 11 is 1.43. The molecule has 0 radical (unpaired) electrons. The summed E-state index contributed by atoms with van der Waals surface area (Å²) in [6, 6.07) is 8.41. The van der Waals surface area contributed by atoms with Gasteiger partial charge in [-0.1, -0.05) is 4.49 Å².